The van der Waals surface area contributed by atoms with Crippen LogP contribution in [0.15, 0.2) is 6.07 Å². The highest BCUT2D eigenvalue weighted by atomic mass is 127. The van der Waals surface area contributed by atoms with Gasteiger partial charge in [-0.25, -0.2) is 0 Å². The van der Waals surface area contributed by atoms with Crippen molar-refractivity contribution in [2.24, 2.45) is 0 Å². The third-order valence-corrected chi connectivity index (χ3v) is 2.85. The van der Waals surface area contributed by atoms with Crippen LogP contribution in [0.3, 0.4) is 0 Å². The summed E-state index contributed by atoms with van der Waals surface area (Å²) in [5, 5.41) is 9.12. The molecule has 0 aromatic carbocycles. The first-order valence-corrected chi connectivity index (χ1v) is 4.54. The summed E-state index contributed by atoms with van der Waals surface area (Å²) in [5.74, 6) is 0. The topological polar surface area (TPSA) is 49.8 Å². The monoisotopic (exact) mass is 264 g/mol. The minimum Gasteiger partial charge on any atom is -0.390 e. The van der Waals surface area contributed by atoms with Crippen molar-refractivity contribution >= 4 is 38.9 Å². The molecule has 0 aliphatic heterocycles. The van der Waals surface area contributed by atoms with Gasteiger partial charge in [0.2, 0.25) is 0 Å². The third kappa shape index (κ3) is 1.61. The van der Waals surface area contributed by atoms with E-state index in [1.807, 2.05) is 6.07 Å². The zero-order valence-electron chi connectivity index (χ0n) is 5.10. The lowest BCUT2D eigenvalue weighted by atomic mass is 10.2. The first kappa shape index (κ1) is 7.82. The molecule has 10 heavy (non-hydrogen) atoms. The summed E-state index contributed by atoms with van der Waals surface area (Å²) in [6.07, 6.45) is 0.422. The zero-order chi connectivity index (χ0) is 7.56. The molecule has 0 aliphatic carbocycles. The van der Waals surface area contributed by atoms with Crippen LogP contribution < -0.4 is 5.73 Å². The van der Waals surface area contributed by atoms with E-state index in [9.17, 15) is 0 Å². The number of hydrogen-bond donors (Lipinski definition) is 1. The van der Waals surface area contributed by atoms with E-state index in [-0.39, 0.29) is 0 Å². The van der Waals surface area contributed by atoms with E-state index in [4.69, 9.17) is 11.0 Å². The van der Waals surface area contributed by atoms with Crippen molar-refractivity contribution in [3.05, 3.63) is 14.5 Å². The summed E-state index contributed by atoms with van der Waals surface area (Å²) >= 11 is 3.72. The molecule has 0 radical (unpaired) electrons. The summed E-state index contributed by atoms with van der Waals surface area (Å²) in [5.41, 5.74) is 6.55. The molecule has 0 unspecified atom stereocenters. The van der Waals surface area contributed by atoms with Crippen molar-refractivity contribution in [3.8, 4) is 6.07 Å². The summed E-state index contributed by atoms with van der Waals surface area (Å²) in [6, 6.07) is 4.01. The number of nitrogen functional groups attached to an aromatic ring is 1. The molecule has 0 bridgehead atoms. The van der Waals surface area contributed by atoms with Crippen molar-refractivity contribution in [1.29, 1.82) is 5.26 Å². The molecule has 2 nitrogen and oxygen atoms in total. The second kappa shape index (κ2) is 3.21. The van der Waals surface area contributed by atoms with E-state index in [1.165, 1.54) is 11.3 Å². The zero-order valence-corrected chi connectivity index (χ0v) is 8.07. The van der Waals surface area contributed by atoms with E-state index in [0.29, 0.717) is 6.42 Å². The number of anilines is 1. The fraction of sp³-hybridized carbons (Fsp3) is 0.167. The van der Waals surface area contributed by atoms with Gasteiger partial charge >= 0.3 is 0 Å². The number of nitrogens with two attached hydrogens (primary N) is 1. The fourth-order valence-corrected chi connectivity index (χ4v) is 2.39. The van der Waals surface area contributed by atoms with Gasteiger partial charge in [0.15, 0.2) is 0 Å². The Kier molecular flexibility index (Phi) is 2.51. The SMILES string of the molecule is N#CCc1cc(I)sc1N. The van der Waals surface area contributed by atoms with Crippen LogP contribution in [0.25, 0.3) is 0 Å². The predicted octanol–water partition coefficient (Wildman–Crippen LogP) is 2.00. The first-order chi connectivity index (χ1) is 4.74. The Morgan fingerprint density at radius 2 is 2.50 bits per heavy atom. The van der Waals surface area contributed by atoms with Gasteiger partial charge < -0.3 is 5.73 Å². The van der Waals surface area contributed by atoms with Crippen LogP contribution >= 0.6 is 33.9 Å². The molecule has 0 amide bonds. The van der Waals surface area contributed by atoms with Crippen molar-refractivity contribution in [2.75, 3.05) is 5.73 Å². The molecule has 0 saturated carbocycles. The largest absolute Gasteiger partial charge is 0.390 e. The third-order valence-electron chi connectivity index (χ3n) is 1.08. The standard InChI is InChI=1S/C6H5IN2S/c7-5-3-4(1-2-8)6(9)10-5/h3H,1,9H2. The highest BCUT2D eigenvalue weighted by molar-refractivity contribution is 14.1. The van der Waals surface area contributed by atoms with Crippen molar-refractivity contribution in [1.82, 2.24) is 0 Å². The number of rotatable bonds is 1. The number of hydrogen-bond acceptors (Lipinski definition) is 3. The molecule has 1 heterocycles. The Morgan fingerprint density at radius 3 is 2.90 bits per heavy atom. The Bertz CT molecular complexity index is 274. The molecule has 1 aromatic rings. The quantitative estimate of drug-likeness (QED) is 0.788. The summed E-state index contributed by atoms with van der Waals surface area (Å²) in [7, 11) is 0. The lowest BCUT2D eigenvalue weighted by molar-refractivity contribution is 1.29. The summed E-state index contributed by atoms with van der Waals surface area (Å²) in [4.78, 5) is 0. The Hall–Kier alpha value is -0.280. The van der Waals surface area contributed by atoms with Gasteiger partial charge in [0, 0.05) is 5.56 Å². The summed E-state index contributed by atoms with van der Waals surface area (Å²) < 4.78 is 1.14. The molecule has 1 rings (SSSR count). The van der Waals surface area contributed by atoms with Crippen LogP contribution in [-0.2, 0) is 6.42 Å². The van der Waals surface area contributed by atoms with Crippen molar-refractivity contribution < 1.29 is 0 Å². The van der Waals surface area contributed by atoms with E-state index < -0.39 is 0 Å². The Morgan fingerprint density at radius 1 is 1.80 bits per heavy atom. The molecule has 0 atom stereocenters. The molecule has 52 valence electrons. The van der Waals surface area contributed by atoms with Crippen LogP contribution in [0, 0.1) is 14.2 Å². The van der Waals surface area contributed by atoms with Gasteiger partial charge in [0.25, 0.3) is 0 Å². The number of nitriles is 1. The van der Waals surface area contributed by atoms with Gasteiger partial charge in [-0.1, -0.05) is 0 Å². The maximum absolute atomic E-state index is 8.35. The minimum atomic E-state index is 0.422. The minimum absolute atomic E-state index is 0.422. The van der Waals surface area contributed by atoms with Crippen LogP contribution in [0.5, 0.6) is 0 Å². The number of thiophene rings is 1. The molecule has 0 fully saturated rings. The second-order valence-corrected chi connectivity index (χ2v) is 4.75. The van der Waals surface area contributed by atoms with Gasteiger partial charge in [-0.05, 0) is 28.7 Å². The molecule has 4 heteroatoms. The molecule has 2 N–H and O–H groups in total. The van der Waals surface area contributed by atoms with E-state index in [2.05, 4.69) is 28.7 Å². The van der Waals surface area contributed by atoms with E-state index >= 15 is 0 Å². The number of halogens is 1. The van der Waals surface area contributed by atoms with Crippen molar-refractivity contribution in [3.63, 3.8) is 0 Å². The van der Waals surface area contributed by atoms with Gasteiger partial charge in [-0.3, -0.25) is 0 Å². The molecule has 0 saturated heterocycles. The maximum Gasteiger partial charge on any atom is 0.0910 e. The Labute approximate surface area is 76.8 Å². The highest BCUT2D eigenvalue weighted by Gasteiger charge is 2.02. The average Bonchev–Trinajstić information content (AvgIpc) is 2.13. The normalized spacial score (nSPS) is 9.20. The predicted molar refractivity (Wildman–Crippen MR) is 50.8 cm³/mol. The molecule has 0 aliphatic rings. The van der Waals surface area contributed by atoms with Crippen LogP contribution in [0.1, 0.15) is 5.56 Å². The van der Waals surface area contributed by atoms with Gasteiger partial charge in [0.05, 0.1) is 20.4 Å². The lowest BCUT2D eigenvalue weighted by Gasteiger charge is -1.86. The lowest BCUT2D eigenvalue weighted by Crippen LogP contribution is -1.85. The number of nitrogens with zero attached hydrogens (tertiary/aromatic N) is 1. The molecule has 1 aromatic heterocycles. The fourth-order valence-electron chi connectivity index (χ4n) is 0.631. The van der Waals surface area contributed by atoms with Gasteiger partial charge in [0.1, 0.15) is 0 Å². The van der Waals surface area contributed by atoms with Gasteiger partial charge in [-0.15, -0.1) is 11.3 Å². The summed E-state index contributed by atoms with van der Waals surface area (Å²) in [6.45, 7) is 0. The molecule has 0 spiro atoms. The Balaban J connectivity index is 2.94. The molecular weight excluding hydrogens is 259 g/mol. The van der Waals surface area contributed by atoms with Crippen LogP contribution in [0.4, 0.5) is 5.00 Å². The average molecular weight is 264 g/mol. The van der Waals surface area contributed by atoms with E-state index in [0.717, 1.165) is 13.4 Å². The van der Waals surface area contributed by atoms with E-state index in [1.54, 1.807) is 0 Å². The highest BCUT2D eigenvalue weighted by Crippen LogP contribution is 2.26. The van der Waals surface area contributed by atoms with Crippen molar-refractivity contribution in [2.45, 2.75) is 6.42 Å². The first-order valence-electron chi connectivity index (χ1n) is 2.64. The van der Waals surface area contributed by atoms with Gasteiger partial charge in [-0.2, -0.15) is 5.26 Å². The molecular formula is C6H5IN2S. The smallest absolute Gasteiger partial charge is 0.0910 e. The maximum atomic E-state index is 8.35. The van der Waals surface area contributed by atoms with Crippen LogP contribution in [0.2, 0.25) is 0 Å². The second-order valence-electron chi connectivity index (χ2n) is 1.77. The van der Waals surface area contributed by atoms with Crippen LogP contribution in [-0.4, -0.2) is 0 Å².